The van der Waals surface area contributed by atoms with Crippen LogP contribution in [0.4, 0.5) is 0 Å². The Hall–Kier alpha value is -2.47. The van der Waals surface area contributed by atoms with Crippen LogP contribution in [0.2, 0.25) is 0 Å². The van der Waals surface area contributed by atoms with Crippen molar-refractivity contribution in [1.29, 1.82) is 0 Å². The maximum absolute atomic E-state index is 12.7. The molecule has 0 spiro atoms. The summed E-state index contributed by atoms with van der Waals surface area (Å²) < 4.78 is 16.9. The van der Waals surface area contributed by atoms with E-state index in [4.69, 9.17) is 13.9 Å². The number of likely N-dealkylation sites (N-methyl/N-ethyl adjacent to an activating group) is 1. The van der Waals surface area contributed by atoms with Gasteiger partial charge in [0.25, 0.3) is 0 Å². The van der Waals surface area contributed by atoms with Crippen LogP contribution in [0.3, 0.4) is 0 Å². The van der Waals surface area contributed by atoms with E-state index in [0.717, 1.165) is 22.8 Å². The summed E-state index contributed by atoms with van der Waals surface area (Å²) in [6.45, 7) is 1.69. The van der Waals surface area contributed by atoms with Gasteiger partial charge in [0, 0.05) is 13.0 Å². The lowest BCUT2D eigenvalue weighted by molar-refractivity contribution is -0.121. The standard InChI is InChI=1S/C22H28N2O4/c1-24(2)18(19-4-3-9-26-19)14-23-22(25)13-17(15-5-6-15)16-7-8-20-21(12-16)28-11-10-27-20/h3-4,7-9,12,15,17-18H,5-6,10-11,13-14H2,1-2H3,(H,23,25). The van der Waals surface area contributed by atoms with Crippen molar-refractivity contribution in [3.05, 3.63) is 47.9 Å². The second-order valence-electron chi connectivity index (χ2n) is 7.85. The third-order valence-corrected chi connectivity index (χ3v) is 5.58. The van der Waals surface area contributed by atoms with Crippen LogP contribution in [0.25, 0.3) is 0 Å². The molecule has 2 atom stereocenters. The lowest BCUT2D eigenvalue weighted by Gasteiger charge is -2.24. The second-order valence-corrected chi connectivity index (χ2v) is 7.85. The van der Waals surface area contributed by atoms with Gasteiger partial charge in [-0.05, 0) is 68.6 Å². The highest BCUT2D eigenvalue weighted by atomic mass is 16.6. The van der Waals surface area contributed by atoms with E-state index in [-0.39, 0.29) is 17.9 Å². The summed E-state index contributed by atoms with van der Waals surface area (Å²) in [5, 5.41) is 3.10. The molecule has 1 aliphatic carbocycles. The van der Waals surface area contributed by atoms with Crippen molar-refractivity contribution < 1.29 is 18.7 Å². The molecule has 150 valence electrons. The zero-order valence-electron chi connectivity index (χ0n) is 16.5. The van der Waals surface area contributed by atoms with Crippen molar-refractivity contribution in [1.82, 2.24) is 10.2 Å². The average Bonchev–Trinajstić information content (AvgIpc) is 3.40. The summed E-state index contributed by atoms with van der Waals surface area (Å²) >= 11 is 0. The Bertz CT molecular complexity index is 799. The van der Waals surface area contributed by atoms with E-state index in [9.17, 15) is 4.79 Å². The van der Waals surface area contributed by atoms with Crippen molar-refractivity contribution in [3.63, 3.8) is 0 Å². The molecular weight excluding hydrogens is 356 g/mol. The first-order valence-corrected chi connectivity index (χ1v) is 9.98. The number of fused-ring (bicyclic) bond motifs is 1. The first kappa shape index (κ1) is 18.9. The van der Waals surface area contributed by atoms with E-state index in [0.29, 0.717) is 32.1 Å². The zero-order chi connectivity index (χ0) is 19.5. The number of nitrogens with one attached hydrogen (secondary N) is 1. The van der Waals surface area contributed by atoms with Gasteiger partial charge in [0.2, 0.25) is 5.91 Å². The molecular formula is C22H28N2O4. The molecule has 4 rings (SSSR count). The van der Waals surface area contributed by atoms with Gasteiger partial charge in [-0.2, -0.15) is 0 Å². The molecule has 0 saturated heterocycles. The van der Waals surface area contributed by atoms with Crippen molar-refractivity contribution in [2.24, 2.45) is 5.92 Å². The summed E-state index contributed by atoms with van der Waals surface area (Å²) in [6, 6.07) is 9.94. The monoisotopic (exact) mass is 384 g/mol. The molecule has 2 aromatic rings. The molecule has 1 aromatic heterocycles. The highest BCUT2D eigenvalue weighted by Crippen LogP contribution is 2.46. The van der Waals surface area contributed by atoms with E-state index in [1.807, 2.05) is 32.3 Å². The van der Waals surface area contributed by atoms with E-state index in [1.165, 1.54) is 12.8 Å². The Labute approximate surface area is 165 Å². The molecule has 1 N–H and O–H groups in total. The van der Waals surface area contributed by atoms with Gasteiger partial charge < -0.3 is 19.2 Å². The highest BCUT2D eigenvalue weighted by Gasteiger charge is 2.34. The van der Waals surface area contributed by atoms with Gasteiger partial charge in [0.15, 0.2) is 11.5 Å². The number of amides is 1. The van der Waals surface area contributed by atoms with Gasteiger partial charge in [0.05, 0.1) is 12.3 Å². The van der Waals surface area contributed by atoms with Gasteiger partial charge >= 0.3 is 0 Å². The number of furan rings is 1. The van der Waals surface area contributed by atoms with Gasteiger partial charge in [-0.25, -0.2) is 0 Å². The Balaban J connectivity index is 1.40. The highest BCUT2D eigenvalue weighted by molar-refractivity contribution is 5.77. The molecule has 0 bridgehead atoms. The minimum absolute atomic E-state index is 0.0209. The van der Waals surface area contributed by atoms with Crippen molar-refractivity contribution in [2.75, 3.05) is 33.9 Å². The lowest BCUT2D eigenvalue weighted by atomic mass is 9.90. The first-order valence-electron chi connectivity index (χ1n) is 9.98. The summed E-state index contributed by atoms with van der Waals surface area (Å²) in [6.07, 6.45) is 4.51. The molecule has 1 fully saturated rings. The maximum atomic E-state index is 12.7. The molecule has 6 heteroatoms. The molecule has 6 nitrogen and oxygen atoms in total. The topological polar surface area (TPSA) is 63.9 Å². The number of nitrogens with zero attached hydrogens (tertiary/aromatic N) is 1. The van der Waals surface area contributed by atoms with Crippen LogP contribution in [0.15, 0.2) is 41.0 Å². The van der Waals surface area contributed by atoms with Gasteiger partial charge in [0.1, 0.15) is 19.0 Å². The predicted molar refractivity (Wildman–Crippen MR) is 106 cm³/mol. The van der Waals surface area contributed by atoms with Crippen LogP contribution in [0.5, 0.6) is 11.5 Å². The Morgan fingerprint density at radius 3 is 2.64 bits per heavy atom. The van der Waals surface area contributed by atoms with Crippen molar-refractivity contribution in [3.8, 4) is 11.5 Å². The normalized spacial score (nSPS) is 18.0. The summed E-state index contributed by atoms with van der Waals surface area (Å²) in [4.78, 5) is 14.8. The van der Waals surface area contributed by atoms with E-state index >= 15 is 0 Å². The van der Waals surface area contributed by atoms with Crippen LogP contribution in [0.1, 0.15) is 42.5 Å². The van der Waals surface area contributed by atoms with Crippen LogP contribution in [0, 0.1) is 5.92 Å². The Morgan fingerprint density at radius 1 is 1.18 bits per heavy atom. The Kier molecular flexibility index (Phi) is 5.57. The van der Waals surface area contributed by atoms with Crippen LogP contribution in [-0.4, -0.2) is 44.7 Å². The molecule has 1 saturated carbocycles. The number of ether oxygens (including phenoxy) is 2. The summed E-state index contributed by atoms with van der Waals surface area (Å²) in [5.41, 5.74) is 1.16. The minimum atomic E-state index is 0.0209. The summed E-state index contributed by atoms with van der Waals surface area (Å²) in [7, 11) is 3.98. The van der Waals surface area contributed by atoms with Crippen LogP contribution < -0.4 is 14.8 Å². The largest absolute Gasteiger partial charge is 0.486 e. The van der Waals surface area contributed by atoms with Gasteiger partial charge in [-0.15, -0.1) is 0 Å². The first-order chi connectivity index (χ1) is 13.6. The fourth-order valence-electron chi connectivity index (χ4n) is 3.85. The van der Waals surface area contributed by atoms with Crippen molar-refractivity contribution in [2.45, 2.75) is 31.2 Å². The molecule has 1 amide bonds. The average molecular weight is 384 g/mol. The number of benzene rings is 1. The molecule has 2 aliphatic rings. The number of hydrogen-bond acceptors (Lipinski definition) is 5. The van der Waals surface area contributed by atoms with Gasteiger partial charge in [-0.3, -0.25) is 9.69 Å². The third-order valence-electron chi connectivity index (χ3n) is 5.58. The fourth-order valence-corrected chi connectivity index (χ4v) is 3.85. The molecule has 2 heterocycles. The number of carbonyl (C=O) groups is 1. The van der Waals surface area contributed by atoms with E-state index in [1.54, 1.807) is 6.26 Å². The fraction of sp³-hybridized carbons (Fsp3) is 0.500. The third kappa shape index (κ3) is 4.33. The summed E-state index contributed by atoms with van der Waals surface area (Å²) in [5.74, 6) is 3.31. The van der Waals surface area contributed by atoms with Crippen LogP contribution in [-0.2, 0) is 4.79 Å². The van der Waals surface area contributed by atoms with Crippen molar-refractivity contribution >= 4 is 5.91 Å². The lowest BCUT2D eigenvalue weighted by Crippen LogP contribution is -2.35. The quantitative estimate of drug-likeness (QED) is 0.756. The molecule has 0 radical (unpaired) electrons. The minimum Gasteiger partial charge on any atom is -0.486 e. The van der Waals surface area contributed by atoms with E-state index < -0.39 is 0 Å². The van der Waals surface area contributed by atoms with Crippen LogP contribution >= 0.6 is 0 Å². The molecule has 2 unspecified atom stereocenters. The predicted octanol–water partition coefficient (Wildman–Crippen LogP) is 3.35. The second kappa shape index (κ2) is 8.27. The maximum Gasteiger partial charge on any atom is 0.220 e. The van der Waals surface area contributed by atoms with Gasteiger partial charge in [-0.1, -0.05) is 6.07 Å². The number of hydrogen-bond donors (Lipinski definition) is 1. The van der Waals surface area contributed by atoms with E-state index in [2.05, 4.69) is 22.3 Å². The smallest absolute Gasteiger partial charge is 0.220 e. The number of carbonyl (C=O) groups excluding carboxylic acids is 1. The molecule has 1 aliphatic heterocycles. The number of rotatable bonds is 8. The molecule has 1 aromatic carbocycles. The molecule has 28 heavy (non-hydrogen) atoms. The SMILES string of the molecule is CN(C)C(CNC(=O)CC(c1ccc2c(c1)OCCO2)C1CC1)c1ccco1. The Morgan fingerprint density at radius 2 is 1.96 bits per heavy atom. The zero-order valence-corrected chi connectivity index (χ0v) is 16.5.